The van der Waals surface area contributed by atoms with Gasteiger partial charge in [-0.05, 0) is 25.0 Å². The number of pyridine rings is 1. The quantitative estimate of drug-likeness (QED) is 0.750. The van der Waals surface area contributed by atoms with E-state index in [1.54, 1.807) is 22.7 Å². The molecule has 0 bridgehead atoms. The number of hydrogen-bond acceptors (Lipinski definition) is 5. The summed E-state index contributed by atoms with van der Waals surface area (Å²) in [4.78, 5) is 10.9. The highest BCUT2D eigenvalue weighted by atomic mass is 32.2. The zero-order chi connectivity index (χ0) is 12.8. The van der Waals surface area contributed by atoms with Crippen molar-refractivity contribution in [1.29, 1.82) is 0 Å². The van der Waals surface area contributed by atoms with Crippen LogP contribution in [0, 0.1) is 0 Å². The fourth-order valence-electron chi connectivity index (χ4n) is 2.35. The van der Waals surface area contributed by atoms with Gasteiger partial charge in [-0.15, -0.1) is 10.2 Å². The first-order valence-corrected chi connectivity index (χ1v) is 7.35. The molecule has 94 valence electrons. The SMILES string of the molecule is O=Cc1cccn2c(C3CCCS3(=O)=O)nnc12. The minimum atomic E-state index is -3.13. The van der Waals surface area contributed by atoms with E-state index in [9.17, 15) is 13.2 Å². The van der Waals surface area contributed by atoms with Crippen LogP contribution in [0.1, 0.15) is 34.3 Å². The van der Waals surface area contributed by atoms with Gasteiger partial charge in [-0.2, -0.15) is 0 Å². The minimum Gasteiger partial charge on any atom is -0.298 e. The second kappa shape index (κ2) is 3.88. The second-order valence-corrected chi connectivity index (χ2v) is 6.63. The molecule has 3 heterocycles. The van der Waals surface area contributed by atoms with Crippen LogP contribution >= 0.6 is 0 Å². The van der Waals surface area contributed by atoms with E-state index in [0.29, 0.717) is 36.2 Å². The summed E-state index contributed by atoms with van der Waals surface area (Å²) in [5, 5.41) is 7.27. The van der Waals surface area contributed by atoms with Crippen molar-refractivity contribution < 1.29 is 13.2 Å². The number of carbonyl (C=O) groups excluding carboxylic acids is 1. The van der Waals surface area contributed by atoms with Gasteiger partial charge in [0.05, 0.1) is 11.3 Å². The van der Waals surface area contributed by atoms with Crippen LogP contribution in [0.25, 0.3) is 5.65 Å². The molecule has 0 amide bonds. The van der Waals surface area contributed by atoms with Crippen molar-refractivity contribution in [2.75, 3.05) is 5.75 Å². The molecule has 1 fully saturated rings. The third kappa shape index (κ3) is 1.54. The summed E-state index contributed by atoms with van der Waals surface area (Å²) >= 11 is 0. The smallest absolute Gasteiger partial charge is 0.171 e. The fraction of sp³-hybridized carbons (Fsp3) is 0.364. The molecule has 1 atom stereocenters. The van der Waals surface area contributed by atoms with Crippen molar-refractivity contribution in [1.82, 2.24) is 14.6 Å². The van der Waals surface area contributed by atoms with E-state index in [1.165, 1.54) is 0 Å². The molecule has 0 aliphatic carbocycles. The van der Waals surface area contributed by atoms with Crippen molar-refractivity contribution in [3.63, 3.8) is 0 Å². The summed E-state index contributed by atoms with van der Waals surface area (Å²) in [5.41, 5.74) is 0.816. The van der Waals surface area contributed by atoms with Crippen LogP contribution < -0.4 is 0 Å². The predicted octanol–water partition coefficient (Wildman–Crippen LogP) is 0.791. The normalized spacial score (nSPS) is 22.3. The topological polar surface area (TPSA) is 81.4 Å². The molecule has 2 aromatic heterocycles. The molecule has 3 rings (SSSR count). The number of sulfone groups is 1. The lowest BCUT2D eigenvalue weighted by atomic mass is 10.2. The van der Waals surface area contributed by atoms with Gasteiger partial charge in [-0.25, -0.2) is 8.42 Å². The van der Waals surface area contributed by atoms with Crippen molar-refractivity contribution in [2.24, 2.45) is 0 Å². The van der Waals surface area contributed by atoms with Crippen LogP contribution in [0.3, 0.4) is 0 Å². The predicted molar refractivity (Wildman–Crippen MR) is 64.1 cm³/mol. The number of aromatic nitrogens is 3. The summed E-state index contributed by atoms with van der Waals surface area (Å²) in [6.45, 7) is 0. The molecular weight excluding hydrogens is 254 g/mol. The maximum Gasteiger partial charge on any atom is 0.171 e. The molecule has 0 spiro atoms. The van der Waals surface area contributed by atoms with Crippen LogP contribution in [0.2, 0.25) is 0 Å². The number of rotatable bonds is 2. The fourth-order valence-corrected chi connectivity index (χ4v) is 4.21. The number of carbonyl (C=O) groups is 1. The van der Waals surface area contributed by atoms with Crippen LogP contribution in [0.15, 0.2) is 18.3 Å². The molecule has 1 saturated heterocycles. The van der Waals surface area contributed by atoms with Gasteiger partial charge in [0.2, 0.25) is 0 Å². The van der Waals surface area contributed by atoms with Gasteiger partial charge in [-0.1, -0.05) is 0 Å². The molecule has 0 radical (unpaired) electrons. The lowest BCUT2D eigenvalue weighted by Gasteiger charge is -2.07. The standard InChI is InChI=1S/C11H11N3O3S/c15-7-8-3-1-5-14-10(8)12-13-11(14)9-4-2-6-18(9,16)17/h1,3,5,7,9H,2,4,6H2. The van der Waals surface area contributed by atoms with Crippen molar-refractivity contribution >= 4 is 21.8 Å². The molecule has 0 saturated carbocycles. The highest BCUT2D eigenvalue weighted by Crippen LogP contribution is 2.33. The Hall–Kier alpha value is -1.76. The summed E-state index contributed by atoms with van der Waals surface area (Å²) in [7, 11) is -3.13. The van der Waals surface area contributed by atoms with Crippen LogP contribution in [-0.2, 0) is 9.84 Å². The Morgan fingerprint density at radius 3 is 2.89 bits per heavy atom. The van der Waals surface area contributed by atoms with Gasteiger partial charge < -0.3 is 0 Å². The van der Waals surface area contributed by atoms with Gasteiger partial charge >= 0.3 is 0 Å². The molecule has 6 nitrogen and oxygen atoms in total. The van der Waals surface area contributed by atoms with E-state index in [1.807, 2.05) is 0 Å². The van der Waals surface area contributed by atoms with Crippen LogP contribution in [0.5, 0.6) is 0 Å². The summed E-state index contributed by atoms with van der Waals surface area (Å²) in [6.07, 6.45) is 3.59. The Bertz CT molecular complexity index is 720. The third-order valence-corrected chi connectivity index (χ3v) is 5.41. The Balaban J connectivity index is 2.23. The van der Waals surface area contributed by atoms with E-state index in [2.05, 4.69) is 10.2 Å². The molecule has 2 aromatic rings. The average molecular weight is 265 g/mol. The highest BCUT2D eigenvalue weighted by Gasteiger charge is 2.36. The maximum atomic E-state index is 11.9. The first-order chi connectivity index (χ1) is 8.63. The van der Waals surface area contributed by atoms with Crippen molar-refractivity contribution in [2.45, 2.75) is 18.1 Å². The monoisotopic (exact) mass is 265 g/mol. The molecule has 7 heteroatoms. The molecule has 0 aromatic carbocycles. The Kier molecular flexibility index (Phi) is 2.44. The van der Waals surface area contributed by atoms with Gasteiger partial charge in [0.1, 0.15) is 5.25 Å². The van der Waals surface area contributed by atoms with Crippen LogP contribution in [-0.4, -0.2) is 35.1 Å². The van der Waals surface area contributed by atoms with Gasteiger partial charge in [0.15, 0.2) is 27.6 Å². The maximum absolute atomic E-state index is 11.9. The van der Waals surface area contributed by atoms with Gasteiger partial charge in [-0.3, -0.25) is 9.20 Å². The zero-order valence-electron chi connectivity index (χ0n) is 9.48. The molecule has 0 N–H and O–H groups in total. The first-order valence-electron chi connectivity index (χ1n) is 5.64. The second-order valence-electron chi connectivity index (χ2n) is 4.33. The molecule has 1 aliphatic rings. The third-order valence-electron chi connectivity index (χ3n) is 3.23. The lowest BCUT2D eigenvalue weighted by Crippen LogP contribution is -2.11. The first kappa shape index (κ1) is 11.3. The lowest BCUT2D eigenvalue weighted by molar-refractivity contribution is 0.112. The Morgan fingerprint density at radius 1 is 1.39 bits per heavy atom. The van der Waals surface area contributed by atoms with Crippen molar-refractivity contribution in [3.05, 3.63) is 29.7 Å². The summed E-state index contributed by atoms with van der Waals surface area (Å²) < 4.78 is 25.4. The van der Waals surface area contributed by atoms with E-state index >= 15 is 0 Å². The number of fused-ring (bicyclic) bond motifs is 1. The summed E-state index contributed by atoms with van der Waals surface area (Å²) in [5.74, 6) is 0.603. The molecule has 1 aliphatic heterocycles. The van der Waals surface area contributed by atoms with E-state index < -0.39 is 15.1 Å². The minimum absolute atomic E-state index is 0.194. The molecule has 18 heavy (non-hydrogen) atoms. The number of nitrogens with zero attached hydrogens (tertiary/aromatic N) is 3. The van der Waals surface area contributed by atoms with E-state index in [4.69, 9.17) is 0 Å². The Morgan fingerprint density at radius 2 is 2.22 bits per heavy atom. The average Bonchev–Trinajstić information content (AvgIpc) is 2.91. The van der Waals surface area contributed by atoms with Crippen LogP contribution in [0.4, 0.5) is 0 Å². The zero-order valence-corrected chi connectivity index (χ0v) is 10.3. The molecule has 1 unspecified atom stereocenters. The Labute approximate surface area is 104 Å². The van der Waals surface area contributed by atoms with E-state index in [0.717, 1.165) is 0 Å². The largest absolute Gasteiger partial charge is 0.298 e. The molecular formula is C11H11N3O3S. The van der Waals surface area contributed by atoms with Crippen molar-refractivity contribution in [3.8, 4) is 0 Å². The number of aldehydes is 1. The van der Waals surface area contributed by atoms with E-state index in [-0.39, 0.29) is 5.75 Å². The highest BCUT2D eigenvalue weighted by molar-refractivity contribution is 7.91. The number of hydrogen-bond donors (Lipinski definition) is 0. The summed E-state index contributed by atoms with van der Waals surface area (Å²) in [6, 6.07) is 3.31. The van der Waals surface area contributed by atoms with Gasteiger partial charge in [0.25, 0.3) is 0 Å². The van der Waals surface area contributed by atoms with Gasteiger partial charge in [0, 0.05) is 6.20 Å².